The van der Waals surface area contributed by atoms with Crippen molar-refractivity contribution in [2.24, 2.45) is 5.92 Å². The molecule has 1 aliphatic rings. The van der Waals surface area contributed by atoms with Crippen molar-refractivity contribution in [3.8, 4) is 11.5 Å². The molecule has 0 saturated carbocycles. The molecule has 1 unspecified atom stereocenters. The molecular weight excluding hydrogens is 412 g/mol. The molecule has 6 nitrogen and oxygen atoms in total. The zero-order valence-electron chi connectivity index (χ0n) is 16.3. The molecule has 1 N–H and O–H groups in total. The Balaban J connectivity index is 1.58. The van der Waals surface area contributed by atoms with Crippen molar-refractivity contribution in [2.45, 2.75) is 11.3 Å². The van der Waals surface area contributed by atoms with Crippen LogP contribution in [0.4, 0.5) is 5.69 Å². The third-order valence-electron chi connectivity index (χ3n) is 4.65. The van der Waals surface area contributed by atoms with Gasteiger partial charge in [-0.15, -0.1) is 11.8 Å². The Kier molecular flexibility index (Phi) is 7.28. The van der Waals surface area contributed by atoms with Gasteiger partial charge in [-0.25, -0.2) is 0 Å². The van der Waals surface area contributed by atoms with Gasteiger partial charge in [-0.1, -0.05) is 29.8 Å². The highest BCUT2D eigenvalue weighted by atomic mass is 35.5. The van der Waals surface area contributed by atoms with Crippen LogP contribution < -0.4 is 19.7 Å². The van der Waals surface area contributed by atoms with Crippen LogP contribution in [0.1, 0.15) is 6.42 Å². The van der Waals surface area contributed by atoms with Gasteiger partial charge in [0.2, 0.25) is 11.8 Å². The lowest BCUT2D eigenvalue weighted by molar-refractivity contribution is -0.126. The first-order valence-electron chi connectivity index (χ1n) is 9.21. The zero-order valence-corrected chi connectivity index (χ0v) is 17.9. The summed E-state index contributed by atoms with van der Waals surface area (Å²) in [6, 6.07) is 13.3. The van der Waals surface area contributed by atoms with E-state index in [1.807, 2.05) is 30.3 Å². The summed E-state index contributed by atoms with van der Waals surface area (Å²) >= 11 is 7.90. The number of ether oxygens (including phenoxy) is 2. The summed E-state index contributed by atoms with van der Waals surface area (Å²) < 4.78 is 10.6. The maximum atomic E-state index is 12.6. The Morgan fingerprint density at radius 3 is 2.62 bits per heavy atom. The van der Waals surface area contributed by atoms with E-state index < -0.39 is 5.92 Å². The summed E-state index contributed by atoms with van der Waals surface area (Å²) in [5.41, 5.74) is 0.540. The van der Waals surface area contributed by atoms with E-state index in [2.05, 4.69) is 5.32 Å². The Morgan fingerprint density at radius 2 is 1.93 bits per heavy atom. The predicted molar refractivity (Wildman–Crippen MR) is 115 cm³/mol. The molecule has 1 atom stereocenters. The van der Waals surface area contributed by atoms with Crippen LogP contribution in [0.25, 0.3) is 0 Å². The highest BCUT2D eigenvalue weighted by Gasteiger charge is 2.36. The molecule has 1 saturated heterocycles. The van der Waals surface area contributed by atoms with E-state index in [-0.39, 0.29) is 24.8 Å². The number of carbonyl (C=O) groups is 2. The van der Waals surface area contributed by atoms with E-state index in [1.165, 1.54) is 14.2 Å². The second kappa shape index (κ2) is 9.89. The van der Waals surface area contributed by atoms with E-state index in [4.69, 9.17) is 21.1 Å². The van der Waals surface area contributed by atoms with Crippen LogP contribution in [0.15, 0.2) is 47.4 Å². The summed E-state index contributed by atoms with van der Waals surface area (Å²) in [6.07, 6.45) is 0.157. The number of hydrogen-bond donors (Lipinski definition) is 1. The Morgan fingerprint density at radius 1 is 1.21 bits per heavy atom. The monoisotopic (exact) mass is 434 g/mol. The lowest BCUT2D eigenvalue weighted by atomic mass is 10.1. The number of rotatable bonds is 8. The number of nitrogens with zero attached hydrogens (tertiary/aromatic N) is 1. The van der Waals surface area contributed by atoms with E-state index >= 15 is 0 Å². The van der Waals surface area contributed by atoms with Gasteiger partial charge in [0.25, 0.3) is 0 Å². The Labute approximate surface area is 179 Å². The first kappa shape index (κ1) is 21.3. The fourth-order valence-electron chi connectivity index (χ4n) is 3.18. The first-order valence-corrected chi connectivity index (χ1v) is 10.6. The smallest absolute Gasteiger partial charge is 0.227 e. The molecule has 1 heterocycles. The minimum absolute atomic E-state index is 0.118. The average Bonchev–Trinajstić information content (AvgIpc) is 3.13. The summed E-state index contributed by atoms with van der Waals surface area (Å²) in [4.78, 5) is 27.8. The van der Waals surface area contributed by atoms with Crippen molar-refractivity contribution in [1.29, 1.82) is 0 Å². The quantitative estimate of drug-likeness (QED) is 0.507. The third-order valence-corrected chi connectivity index (χ3v) is 5.96. The average molecular weight is 435 g/mol. The summed E-state index contributed by atoms with van der Waals surface area (Å²) in [7, 11) is 3.03. The van der Waals surface area contributed by atoms with Crippen molar-refractivity contribution in [3.05, 3.63) is 47.5 Å². The number of benzene rings is 2. The van der Waals surface area contributed by atoms with E-state index in [0.717, 1.165) is 10.6 Å². The van der Waals surface area contributed by atoms with Gasteiger partial charge in [-0.05, 0) is 18.2 Å². The van der Waals surface area contributed by atoms with Gasteiger partial charge in [0, 0.05) is 36.2 Å². The van der Waals surface area contributed by atoms with Crippen molar-refractivity contribution in [1.82, 2.24) is 5.32 Å². The second-order valence-electron chi connectivity index (χ2n) is 6.52. The number of hydrogen-bond acceptors (Lipinski definition) is 5. The highest BCUT2D eigenvalue weighted by molar-refractivity contribution is 7.99. The summed E-state index contributed by atoms with van der Waals surface area (Å²) in [5, 5.41) is 3.31. The Hall–Kier alpha value is -2.38. The van der Waals surface area contributed by atoms with Crippen molar-refractivity contribution in [2.75, 3.05) is 38.0 Å². The van der Waals surface area contributed by atoms with Gasteiger partial charge in [0.05, 0.1) is 30.8 Å². The largest absolute Gasteiger partial charge is 0.495 e. The fourth-order valence-corrected chi connectivity index (χ4v) is 4.20. The molecule has 154 valence electrons. The minimum atomic E-state index is -0.408. The SMILES string of the molecule is COc1cc(OC)c(N2CC(C(=O)NCCSc3ccccc3)CC2=O)cc1Cl. The minimum Gasteiger partial charge on any atom is -0.495 e. The van der Waals surface area contributed by atoms with Gasteiger partial charge in [-0.3, -0.25) is 9.59 Å². The number of carbonyl (C=O) groups excluding carboxylic acids is 2. The lowest BCUT2D eigenvalue weighted by Crippen LogP contribution is -2.34. The molecule has 29 heavy (non-hydrogen) atoms. The van der Waals surface area contributed by atoms with Crippen LogP contribution >= 0.6 is 23.4 Å². The van der Waals surface area contributed by atoms with Crippen LogP contribution in [0.2, 0.25) is 5.02 Å². The standard InChI is InChI=1S/C21H23ClN2O4S/c1-27-18-12-19(28-2)17(11-16(18)22)24-13-14(10-20(24)25)21(26)23-8-9-29-15-6-4-3-5-7-15/h3-7,11-12,14H,8-10,13H2,1-2H3,(H,23,26). The molecule has 0 radical (unpaired) electrons. The van der Waals surface area contributed by atoms with E-state index in [1.54, 1.807) is 28.8 Å². The first-order chi connectivity index (χ1) is 14.0. The number of methoxy groups -OCH3 is 2. The number of anilines is 1. The van der Waals surface area contributed by atoms with Crippen LogP contribution in [0, 0.1) is 5.92 Å². The molecular formula is C21H23ClN2O4S. The van der Waals surface area contributed by atoms with Gasteiger partial charge < -0.3 is 19.7 Å². The predicted octanol–water partition coefficient (Wildman–Crippen LogP) is 3.62. The van der Waals surface area contributed by atoms with Crippen LogP contribution in [-0.2, 0) is 9.59 Å². The van der Waals surface area contributed by atoms with Crippen LogP contribution in [0.3, 0.4) is 0 Å². The lowest BCUT2D eigenvalue weighted by Gasteiger charge is -2.21. The number of amides is 2. The van der Waals surface area contributed by atoms with E-state index in [9.17, 15) is 9.59 Å². The van der Waals surface area contributed by atoms with Crippen molar-refractivity contribution >= 4 is 40.9 Å². The summed E-state index contributed by atoms with van der Waals surface area (Å²) in [6.45, 7) is 0.830. The molecule has 0 aliphatic carbocycles. The molecule has 2 aromatic carbocycles. The molecule has 1 aliphatic heterocycles. The zero-order chi connectivity index (χ0) is 20.8. The molecule has 0 spiro atoms. The molecule has 1 fully saturated rings. The van der Waals surface area contributed by atoms with Gasteiger partial charge in [-0.2, -0.15) is 0 Å². The maximum absolute atomic E-state index is 12.6. The van der Waals surface area contributed by atoms with Crippen LogP contribution in [-0.4, -0.2) is 44.9 Å². The fraction of sp³-hybridized carbons (Fsp3) is 0.333. The molecule has 2 amide bonds. The number of thioether (sulfide) groups is 1. The molecule has 8 heteroatoms. The third kappa shape index (κ3) is 5.16. The van der Waals surface area contributed by atoms with Crippen molar-refractivity contribution in [3.63, 3.8) is 0 Å². The Bertz CT molecular complexity index is 878. The topological polar surface area (TPSA) is 67.9 Å². The molecule has 2 aromatic rings. The van der Waals surface area contributed by atoms with Gasteiger partial charge >= 0.3 is 0 Å². The molecule has 0 bridgehead atoms. The second-order valence-corrected chi connectivity index (χ2v) is 8.09. The molecule has 0 aromatic heterocycles. The molecule has 3 rings (SSSR count). The van der Waals surface area contributed by atoms with Crippen LogP contribution in [0.5, 0.6) is 11.5 Å². The van der Waals surface area contributed by atoms with Gasteiger partial charge in [0.1, 0.15) is 11.5 Å². The number of nitrogens with one attached hydrogen (secondary N) is 1. The number of halogens is 1. The summed E-state index contributed by atoms with van der Waals surface area (Å²) in [5.74, 6) is 1.04. The van der Waals surface area contributed by atoms with Gasteiger partial charge in [0.15, 0.2) is 0 Å². The van der Waals surface area contributed by atoms with E-state index in [0.29, 0.717) is 28.8 Å². The van der Waals surface area contributed by atoms with Crippen molar-refractivity contribution < 1.29 is 19.1 Å². The highest BCUT2D eigenvalue weighted by Crippen LogP contribution is 2.40. The normalized spacial score (nSPS) is 16.0. The maximum Gasteiger partial charge on any atom is 0.227 e.